The Bertz CT molecular complexity index is 521. The van der Waals surface area contributed by atoms with Gasteiger partial charge in [-0.25, -0.2) is 0 Å². The summed E-state index contributed by atoms with van der Waals surface area (Å²) in [5, 5.41) is 8.80. The van der Waals surface area contributed by atoms with Gasteiger partial charge < -0.3 is 9.84 Å². The minimum Gasteiger partial charge on any atom is -0.496 e. The average molecular weight is 305 g/mol. The van der Waals surface area contributed by atoms with Crippen LogP contribution in [-0.4, -0.2) is 47.8 Å². The van der Waals surface area contributed by atoms with Crippen molar-refractivity contribution in [3.63, 3.8) is 0 Å². The Hall–Kier alpha value is -1.15. The van der Waals surface area contributed by atoms with Crippen molar-refractivity contribution in [3.05, 3.63) is 29.3 Å². The molecule has 1 aliphatic rings. The molecule has 1 aromatic rings. The van der Waals surface area contributed by atoms with Gasteiger partial charge in [0, 0.05) is 48.2 Å². The van der Waals surface area contributed by atoms with Gasteiger partial charge in [-0.3, -0.25) is 4.90 Å². The lowest BCUT2D eigenvalue weighted by molar-refractivity contribution is 0.221. The van der Waals surface area contributed by atoms with Crippen molar-refractivity contribution in [2.24, 2.45) is 0 Å². The van der Waals surface area contributed by atoms with E-state index in [-0.39, 0.29) is 6.61 Å². The molecule has 0 saturated carbocycles. The van der Waals surface area contributed by atoms with Gasteiger partial charge in [0.05, 0.1) is 13.7 Å². The van der Waals surface area contributed by atoms with E-state index in [9.17, 15) is 0 Å². The van der Waals surface area contributed by atoms with E-state index in [1.165, 1.54) is 17.1 Å². The highest BCUT2D eigenvalue weighted by molar-refractivity contribution is 7.99. The number of rotatable bonds is 4. The van der Waals surface area contributed by atoms with E-state index in [4.69, 9.17) is 9.84 Å². The van der Waals surface area contributed by atoms with Gasteiger partial charge >= 0.3 is 0 Å². The van der Waals surface area contributed by atoms with Gasteiger partial charge in [-0.2, -0.15) is 11.8 Å². The van der Waals surface area contributed by atoms with Gasteiger partial charge in [0.15, 0.2) is 0 Å². The molecular formula is C17H23NO2S. The Morgan fingerprint density at radius 2 is 2.33 bits per heavy atom. The zero-order valence-corrected chi connectivity index (χ0v) is 13.6. The van der Waals surface area contributed by atoms with Gasteiger partial charge in [0.1, 0.15) is 5.75 Å². The van der Waals surface area contributed by atoms with Crippen molar-refractivity contribution >= 4 is 11.8 Å². The van der Waals surface area contributed by atoms with E-state index in [0.717, 1.165) is 24.4 Å². The summed E-state index contributed by atoms with van der Waals surface area (Å²) in [5.41, 5.74) is 2.17. The largest absolute Gasteiger partial charge is 0.496 e. The Morgan fingerprint density at radius 1 is 1.48 bits per heavy atom. The predicted octanol–water partition coefficient (Wildman–Crippen LogP) is 2.37. The van der Waals surface area contributed by atoms with E-state index in [0.29, 0.717) is 12.5 Å². The molecule has 1 heterocycles. The summed E-state index contributed by atoms with van der Waals surface area (Å²) in [6.07, 6.45) is 0.516. The second kappa shape index (κ2) is 8.33. The fourth-order valence-electron chi connectivity index (χ4n) is 2.42. The number of aliphatic hydroxyl groups is 1. The van der Waals surface area contributed by atoms with E-state index < -0.39 is 0 Å². The summed E-state index contributed by atoms with van der Waals surface area (Å²) in [6.45, 7) is 4.42. The molecule has 1 N–H and O–H groups in total. The third-order valence-corrected chi connectivity index (χ3v) is 4.82. The number of aliphatic hydroxyl groups excluding tert-OH is 1. The van der Waals surface area contributed by atoms with E-state index in [2.05, 4.69) is 29.7 Å². The van der Waals surface area contributed by atoms with Crippen LogP contribution in [0.4, 0.5) is 0 Å². The van der Waals surface area contributed by atoms with E-state index >= 15 is 0 Å². The highest BCUT2D eigenvalue weighted by Gasteiger charge is 2.19. The number of ether oxygens (including phenoxy) is 1. The SMILES string of the molecule is COc1ccc(C#CCCO)cc1CN1CCSCC1C. The third-order valence-electron chi connectivity index (χ3n) is 3.63. The zero-order chi connectivity index (χ0) is 15.1. The smallest absolute Gasteiger partial charge is 0.123 e. The first kappa shape index (κ1) is 16.2. The molecule has 2 rings (SSSR count). The van der Waals surface area contributed by atoms with Crippen LogP contribution in [0, 0.1) is 11.8 Å². The van der Waals surface area contributed by atoms with Crippen molar-refractivity contribution in [1.29, 1.82) is 0 Å². The van der Waals surface area contributed by atoms with Crippen LogP contribution in [0.25, 0.3) is 0 Å². The average Bonchev–Trinajstić information content (AvgIpc) is 2.50. The lowest BCUT2D eigenvalue weighted by atomic mass is 10.1. The van der Waals surface area contributed by atoms with Crippen LogP contribution >= 0.6 is 11.8 Å². The van der Waals surface area contributed by atoms with Crippen molar-refractivity contribution in [2.45, 2.75) is 25.9 Å². The van der Waals surface area contributed by atoms with Gasteiger partial charge in [-0.15, -0.1) is 0 Å². The van der Waals surface area contributed by atoms with Crippen LogP contribution in [0.1, 0.15) is 24.5 Å². The molecule has 1 saturated heterocycles. The highest BCUT2D eigenvalue weighted by Crippen LogP contribution is 2.25. The summed E-state index contributed by atoms with van der Waals surface area (Å²) in [4.78, 5) is 2.50. The minimum atomic E-state index is 0.110. The molecule has 1 aliphatic heterocycles. The Balaban J connectivity index is 2.15. The monoisotopic (exact) mass is 305 g/mol. The number of nitrogens with zero attached hydrogens (tertiary/aromatic N) is 1. The molecule has 0 aromatic heterocycles. The van der Waals surface area contributed by atoms with Crippen LogP contribution in [0.15, 0.2) is 18.2 Å². The Morgan fingerprint density at radius 3 is 3.05 bits per heavy atom. The van der Waals surface area contributed by atoms with Gasteiger partial charge in [0.2, 0.25) is 0 Å². The molecule has 3 nitrogen and oxygen atoms in total. The van der Waals surface area contributed by atoms with E-state index in [1.807, 2.05) is 23.9 Å². The number of hydrogen-bond donors (Lipinski definition) is 1. The summed E-state index contributed by atoms with van der Waals surface area (Å²) in [7, 11) is 1.71. The first-order chi connectivity index (χ1) is 10.2. The second-order valence-electron chi connectivity index (χ2n) is 5.20. The molecule has 1 aromatic carbocycles. The quantitative estimate of drug-likeness (QED) is 0.866. The first-order valence-electron chi connectivity index (χ1n) is 7.33. The van der Waals surface area contributed by atoms with Crippen LogP contribution in [0.2, 0.25) is 0 Å². The maximum absolute atomic E-state index is 8.80. The molecule has 21 heavy (non-hydrogen) atoms. The molecule has 0 spiro atoms. The standard InChI is InChI=1S/C17H23NO2S/c1-14-13-21-10-8-18(14)12-16-11-15(5-3-4-9-19)6-7-17(16)20-2/h6-7,11,14,19H,4,8-10,12-13H2,1-2H3. The van der Waals surface area contributed by atoms with Gasteiger partial charge in [0.25, 0.3) is 0 Å². The molecule has 0 radical (unpaired) electrons. The minimum absolute atomic E-state index is 0.110. The lowest BCUT2D eigenvalue weighted by Gasteiger charge is -2.33. The molecular weight excluding hydrogens is 282 g/mol. The Kier molecular flexibility index (Phi) is 6.44. The molecule has 0 bridgehead atoms. The number of methoxy groups -OCH3 is 1. The maximum atomic E-state index is 8.80. The third kappa shape index (κ3) is 4.67. The summed E-state index contributed by atoms with van der Waals surface area (Å²) < 4.78 is 5.48. The summed E-state index contributed by atoms with van der Waals surface area (Å²) >= 11 is 2.03. The van der Waals surface area contributed by atoms with Crippen molar-refractivity contribution in [2.75, 3.05) is 31.8 Å². The molecule has 1 unspecified atom stereocenters. The molecule has 1 atom stereocenters. The molecule has 0 aliphatic carbocycles. The number of benzene rings is 1. The lowest BCUT2D eigenvalue weighted by Crippen LogP contribution is -2.39. The highest BCUT2D eigenvalue weighted by atomic mass is 32.2. The van der Waals surface area contributed by atoms with Crippen LogP contribution in [0.3, 0.4) is 0 Å². The van der Waals surface area contributed by atoms with Gasteiger partial charge in [-0.1, -0.05) is 11.8 Å². The molecule has 1 fully saturated rings. The van der Waals surface area contributed by atoms with Crippen LogP contribution in [-0.2, 0) is 6.54 Å². The fraction of sp³-hybridized carbons (Fsp3) is 0.529. The zero-order valence-electron chi connectivity index (χ0n) is 12.8. The topological polar surface area (TPSA) is 32.7 Å². The normalized spacial score (nSPS) is 18.9. The van der Waals surface area contributed by atoms with Crippen LogP contribution < -0.4 is 4.74 Å². The fourth-order valence-corrected chi connectivity index (χ4v) is 3.50. The van der Waals surface area contributed by atoms with Crippen molar-refractivity contribution in [3.8, 4) is 17.6 Å². The van der Waals surface area contributed by atoms with Crippen LogP contribution in [0.5, 0.6) is 5.75 Å². The van der Waals surface area contributed by atoms with Crippen molar-refractivity contribution in [1.82, 2.24) is 4.90 Å². The molecule has 114 valence electrons. The summed E-state index contributed by atoms with van der Waals surface area (Å²) in [6, 6.07) is 6.67. The number of hydrogen-bond acceptors (Lipinski definition) is 4. The van der Waals surface area contributed by atoms with Gasteiger partial charge in [-0.05, 0) is 25.1 Å². The first-order valence-corrected chi connectivity index (χ1v) is 8.48. The van der Waals surface area contributed by atoms with Crippen molar-refractivity contribution < 1.29 is 9.84 Å². The molecule has 4 heteroatoms. The maximum Gasteiger partial charge on any atom is 0.123 e. The Labute approximate surface area is 131 Å². The molecule has 0 amide bonds. The number of thioether (sulfide) groups is 1. The van der Waals surface area contributed by atoms with E-state index in [1.54, 1.807) is 7.11 Å². The predicted molar refractivity (Wildman–Crippen MR) is 88.8 cm³/mol. The second-order valence-corrected chi connectivity index (χ2v) is 6.35. The summed E-state index contributed by atoms with van der Waals surface area (Å²) in [5.74, 6) is 9.38.